The van der Waals surface area contributed by atoms with Crippen molar-refractivity contribution < 1.29 is 43.2 Å². The van der Waals surface area contributed by atoms with E-state index in [1.807, 2.05) is 19.9 Å². The molecule has 2 N–H and O–H groups in total. The smallest absolute Gasteiger partial charge is 0.316 e. The molecule has 10 nitrogen and oxygen atoms in total. The average molecular weight is 504 g/mol. The number of nitrogens with one attached hydrogen (secondary N) is 1. The summed E-state index contributed by atoms with van der Waals surface area (Å²) in [7, 11) is 1.30. The van der Waals surface area contributed by atoms with E-state index in [2.05, 4.69) is 5.32 Å². The van der Waals surface area contributed by atoms with Crippen LogP contribution in [0.2, 0.25) is 0 Å². The third kappa shape index (κ3) is 4.01. The first kappa shape index (κ1) is 26.2. The number of rotatable bonds is 5. The normalized spacial score (nSPS) is 40.8. The number of amides is 1. The summed E-state index contributed by atoms with van der Waals surface area (Å²) in [5, 5.41) is 12.6. The molecule has 3 unspecified atom stereocenters. The van der Waals surface area contributed by atoms with Crippen molar-refractivity contribution in [3.05, 3.63) is 35.1 Å². The maximum atomic E-state index is 13.1. The molecule has 196 valence electrons. The molecule has 0 aromatic rings. The van der Waals surface area contributed by atoms with Crippen molar-refractivity contribution in [2.75, 3.05) is 13.7 Å². The van der Waals surface area contributed by atoms with Gasteiger partial charge in [0.1, 0.15) is 29.0 Å². The van der Waals surface area contributed by atoms with Crippen molar-refractivity contribution in [1.29, 1.82) is 0 Å². The molecule has 0 aromatic heterocycles. The second-order valence-electron chi connectivity index (χ2n) is 10.3. The van der Waals surface area contributed by atoms with Gasteiger partial charge < -0.3 is 29.4 Å². The average Bonchev–Trinajstić information content (AvgIpc) is 3.25. The van der Waals surface area contributed by atoms with Crippen LogP contribution in [0.25, 0.3) is 0 Å². The lowest BCUT2D eigenvalue weighted by molar-refractivity contribution is -0.387. The zero-order valence-corrected chi connectivity index (χ0v) is 21.3. The molecule has 0 aromatic carbocycles. The summed E-state index contributed by atoms with van der Waals surface area (Å²) < 4.78 is 24.0. The summed E-state index contributed by atoms with van der Waals surface area (Å²) in [5.74, 6) is -4.97. The van der Waals surface area contributed by atoms with Crippen molar-refractivity contribution in [2.45, 2.75) is 70.7 Å². The Hall–Kier alpha value is -2.82. The minimum Gasteiger partial charge on any atom is -0.507 e. The molecule has 4 fully saturated rings. The number of carbonyl (C=O) groups excluding carboxylic acids is 4. The van der Waals surface area contributed by atoms with Gasteiger partial charge in [-0.3, -0.25) is 19.2 Å². The zero-order chi connectivity index (χ0) is 26.6. The molecule has 0 radical (unpaired) electrons. The van der Waals surface area contributed by atoms with E-state index in [1.54, 1.807) is 26.8 Å². The van der Waals surface area contributed by atoms with Gasteiger partial charge in [-0.2, -0.15) is 0 Å². The van der Waals surface area contributed by atoms with Crippen LogP contribution in [0.15, 0.2) is 35.1 Å². The van der Waals surface area contributed by atoms with Gasteiger partial charge in [-0.05, 0) is 26.8 Å². The van der Waals surface area contributed by atoms with Crippen LogP contribution in [0.4, 0.5) is 0 Å². The monoisotopic (exact) mass is 503 g/mol. The molecule has 0 aliphatic carbocycles. The van der Waals surface area contributed by atoms with Crippen LogP contribution in [-0.4, -0.2) is 71.9 Å². The van der Waals surface area contributed by atoms with Gasteiger partial charge in [0.2, 0.25) is 5.79 Å². The van der Waals surface area contributed by atoms with Crippen LogP contribution in [-0.2, 0) is 38.1 Å². The van der Waals surface area contributed by atoms with E-state index in [4.69, 9.17) is 18.9 Å². The second-order valence-corrected chi connectivity index (χ2v) is 10.3. The number of allylic oxidation sites excluding steroid dienone is 3. The number of hydrogen-bond acceptors (Lipinski definition) is 9. The lowest BCUT2D eigenvalue weighted by Gasteiger charge is -2.56. The Bertz CT molecular complexity index is 1070. The molecule has 36 heavy (non-hydrogen) atoms. The number of ketones is 2. The first-order valence-electron chi connectivity index (χ1n) is 12.1. The van der Waals surface area contributed by atoms with Gasteiger partial charge in [-0.25, -0.2) is 0 Å². The van der Waals surface area contributed by atoms with Gasteiger partial charge in [0.05, 0.1) is 25.9 Å². The Kier molecular flexibility index (Phi) is 6.74. The SMILES string of the molecule is COC(=O)C1[C@@H](C)O[C@@]2(C)CC(=O)C3OC12O[C@H]([C@H](C)/C=C(C)/C=C/C(O)=C1\C(=O)CNC1=O)[C@H]3C. The fraction of sp³-hybridized carbons (Fsp3) is 0.615. The van der Waals surface area contributed by atoms with Gasteiger partial charge in [-0.1, -0.05) is 31.6 Å². The Morgan fingerprint density at radius 3 is 2.50 bits per heavy atom. The molecule has 1 amide bonds. The molecule has 1 spiro atoms. The predicted molar refractivity (Wildman–Crippen MR) is 125 cm³/mol. The lowest BCUT2D eigenvalue weighted by atomic mass is 9.73. The number of carbonyl (C=O) groups is 4. The second kappa shape index (κ2) is 9.24. The van der Waals surface area contributed by atoms with Gasteiger partial charge in [0.25, 0.3) is 5.91 Å². The molecule has 4 saturated heterocycles. The molecule has 4 heterocycles. The molecule has 4 rings (SSSR count). The number of aliphatic hydroxyl groups excluding tert-OH is 1. The summed E-state index contributed by atoms with van der Waals surface area (Å²) in [5.41, 5.74) is -0.676. The van der Waals surface area contributed by atoms with Crippen LogP contribution in [0, 0.1) is 17.8 Å². The summed E-state index contributed by atoms with van der Waals surface area (Å²) >= 11 is 0. The molecule has 4 aliphatic heterocycles. The summed E-state index contributed by atoms with van der Waals surface area (Å²) in [6.07, 6.45) is 3.03. The Morgan fingerprint density at radius 2 is 1.89 bits per heavy atom. The van der Waals surface area contributed by atoms with Crippen LogP contribution in [0.5, 0.6) is 0 Å². The highest BCUT2D eigenvalue weighted by atomic mass is 16.8. The number of fused-ring (bicyclic) bond motifs is 1. The van der Waals surface area contributed by atoms with Crippen LogP contribution in [0.1, 0.15) is 41.0 Å². The number of methoxy groups -OCH3 is 1. The minimum atomic E-state index is -1.47. The highest BCUT2D eigenvalue weighted by Crippen LogP contribution is 2.57. The quantitative estimate of drug-likeness (QED) is 0.189. The first-order chi connectivity index (χ1) is 16.8. The van der Waals surface area contributed by atoms with Crippen molar-refractivity contribution in [3.8, 4) is 0 Å². The lowest BCUT2D eigenvalue weighted by Crippen LogP contribution is -2.71. The Balaban J connectivity index is 1.63. The van der Waals surface area contributed by atoms with E-state index in [-0.39, 0.29) is 36.2 Å². The zero-order valence-electron chi connectivity index (χ0n) is 21.3. The maximum absolute atomic E-state index is 13.1. The highest BCUT2D eigenvalue weighted by Gasteiger charge is 2.74. The standard InChI is InChI=1S/C26H33NO9/c1-12(7-8-16(28)19-18(30)11-27-23(19)31)9-13(2)21-14(3)22-17(29)10-25(5)26(35-21,36-22)20(15(4)34-25)24(32)33-6/h7-9,13-15,20-22,28H,10-11H2,1-6H3,(H,27,31)/b8-7+,12-9+,19-16-/t13-,14-,15-,20?,21-,22?,25+,26?/m1/s1. The molecular formula is C26H33NO9. The van der Waals surface area contributed by atoms with Gasteiger partial charge >= 0.3 is 5.97 Å². The van der Waals surface area contributed by atoms with E-state index in [9.17, 15) is 24.3 Å². The molecular weight excluding hydrogens is 470 g/mol. The van der Waals surface area contributed by atoms with E-state index in [0.717, 1.165) is 5.57 Å². The Labute approximate surface area is 209 Å². The number of ether oxygens (including phenoxy) is 4. The predicted octanol–water partition coefficient (Wildman–Crippen LogP) is 1.69. The van der Waals surface area contributed by atoms with Gasteiger partial charge in [0, 0.05) is 18.3 Å². The highest BCUT2D eigenvalue weighted by molar-refractivity contribution is 6.25. The van der Waals surface area contributed by atoms with Crippen molar-refractivity contribution in [2.24, 2.45) is 17.8 Å². The van der Waals surface area contributed by atoms with E-state index in [0.29, 0.717) is 0 Å². The van der Waals surface area contributed by atoms with Crippen LogP contribution in [0.3, 0.4) is 0 Å². The molecule has 0 saturated carbocycles. The Morgan fingerprint density at radius 1 is 1.19 bits per heavy atom. The van der Waals surface area contributed by atoms with Crippen molar-refractivity contribution in [1.82, 2.24) is 5.32 Å². The van der Waals surface area contributed by atoms with Crippen LogP contribution < -0.4 is 5.32 Å². The molecule has 8 atom stereocenters. The third-order valence-corrected chi connectivity index (χ3v) is 7.67. The number of esters is 1. The first-order valence-corrected chi connectivity index (χ1v) is 12.1. The maximum Gasteiger partial charge on any atom is 0.316 e. The topological polar surface area (TPSA) is 137 Å². The van der Waals surface area contributed by atoms with E-state index in [1.165, 1.54) is 13.2 Å². The minimum absolute atomic E-state index is 0.0682. The fourth-order valence-corrected chi connectivity index (χ4v) is 6.00. The van der Waals surface area contributed by atoms with Crippen LogP contribution >= 0.6 is 0 Å². The summed E-state index contributed by atoms with van der Waals surface area (Å²) in [6.45, 7) is 8.96. The number of aliphatic hydroxyl groups is 1. The molecule has 4 aliphatic rings. The van der Waals surface area contributed by atoms with Crippen molar-refractivity contribution in [3.63, 3.8) is 0 Å². The third-order valence-electron chi connectivity index (χ3n) is 7.67. The summed E-state index contributed by atoms with van der Waals surface area (Å²) in [4.78, 5) is 49.4. The van der Waals surface area contributed by atoms with Crippen molar-refractivity contribution >= 4 is 23.4 Å². The number of Topliss-reactive ketones (excluding diaryl/α,β-unsaturated/α-hetero) is 2. The fourth-order valence-electron chi connectivity index (χ4n) is 6.00. The number of hydrogen-bond donors (Lipinski definition) is 2. The van der Waals surface area contributed by atoms with Gasteiger partial charge in [-0.15, -0.1) is 0 Å². The molecule has 2 bridgehead atoms. The van der Waals surface area contributed by atoms with Gasteiger partial charge in [0.15, 0.2) is 11.6 Å². The van der Waals surface area contributed by atoms with E-state index >= 15 is 0 Å². The van der Waals surface area contributed by atoms with E-state index < -0.39 is 59.0 Å². The summed E-state index contributed by atoms with van der Waals surface area (Å²) in [6, 6.07) is 0. The largest absolute Gasteiger partial charge is 0.507 e. The molecule has 10 heteroatoms.